The molecule has 0 unspecified atom stereocenters. The van der Waals surface area contributed by atoms with Gasteiger partial charge in [-0.3, -0.25) is 0 Å². The van der Waals surface area contributed by atoms with Crippen molar-refractivity contribution in [2.45, 2.75) is 6.92 Å². The zero-order valence-corrected chi connectivity index (χ0v) is 31.9. The summed E-state index contributed by atoms with van der Waals surface area (Å²) in [5, 5.41) is 2.39. The summed E-state index contributed by atoms with van der Waals surface area (Å²) in [7, 11) is 0. The third-order valence-corrected chi connectivity index (χ3v) is 12.0. The first-order chi connectivity index (χ1) is 28.7. The van der Waals surface area contributed by atoms with Crippen molar-refractivity contribution in [2.75, 3.05) is 14.7 Å². The van der Waals surface area contributed by atoms with Gasteiger partial charge in [0.15, 0.2) is 0 Å². The third kappa shape index (κ3) is 4.83. The molecule has 3 aliphatic rings. The van der Waals surface area contributed by atoms with Crippen LogP contribution in [-0.4, -0.2) is 6.71 Å². The van der Waals surface area contributed by atoms with Crippen molar-refractivity contribution < 1.29 is 4.74 Å². The van der Waals surface area contributed by atoms with Gasteiger partial charge in [0.05, 0.1) is 17.1 Å². The second-order valence-electron chi connectivity index (χ2n) is 15.4. The Morgan fingerprint density at radius 2 is 1.05 bits per heavy atom. The summed E-state index contributed by atoms with van der Waals surface area (Å²) in [4.78, 5) is 7.24. The summed E-state index contributed by atoms with van der Waals surface area (Å²) in [6, 6.07) is 72.4. The van der Waals surface area contributed by atoms with E-state index in [0.717, 1.165) is 68.1 Å². The van der Waals surface area contributed by atoms with Crippen molar-refractivity contribution in [1.82, 2.24) is 0 Å². The lowest BCUT2D eigenvalue weighted by molar-refractivity contribution is 0.487. The summed E-state index contributed by atoms with van der Waals surface area (Å²) in [5.41, 5.74) is 17.4. The molecule has 3 aliphatic heterocycles. The standard InChI is InChI=1S/C53H36BN3O/c1-35-31-49-53-51(32-35)58-50-33-42-40-29-30-45(55(36-17-6-2-7-18-36)37-19-8-3-9-20-37)41-25-16-28-47(52(40)41)57(39-23-12-5-13-24-39)48(42)34-44(50)54(53)43-26-14-15-27-46(43)56(49)38-21-10-4-11-22-38/h2-34H,1H3. The molecule has 5 heteroatoms. The van der Waals surface area contributed by atoms with Gasteiger partial charge >= 0.3 is 0 Å². The van der Waals surface area contributed by atoms with Crippen molar-refractivity contribution in [3.63, 3.8) is 0 Å². The Hall–Kier alpha value is -7.50. The molecule has 12 rings (SSSR count). The van der Waals surface area contributed by atoms with E-state index in [0.29, 0.717) is 0 Å². The van der Waals surface area contributed by atoms with Crippen LogP contribution in [0, 0.1) is 6.92 Å². The number of para-hydroxylation sites is 5. The van der Waals surface area contributed by atoms with Gasteiger partial charge in [0, 0.05) is 50.5 Å². The fourth-order valence-electron chi connectivity index (χ4n) is 9.67. The van der Waals surface area contributed by atoms with Crippen LogP contribution < -0.4 is 35.8 Å². The highest BCUT2D eigenvalue weighted by Crippen LogP contribution is 2.55. The molecule has 0 atom stereocenters. The van der Waals surface area contributed by atoms with E-state index in [-0.39, 0.29) is 6.71 Å². The SMILES string of the molecule is Cc1cc2c3c(c1)N(c1ccccc1)c1ccccc1B3c1cc3c(cc1O2)-c1ccc(N(c2ccccc2)c2ccccc2)c2cccc(c12)N3c1ccccc1. The van der Waals surface area contributed by atoms with Crippen molar-refractivity contribution in [1.29, 1.82) is 0 Å². The highest BCUT2D eigenvalue weighted by molar-refractivity contribution is 6.99. The van der Waals surface area contributed by atoms with Crippen molar-refractivity contribution in [3.8, 4) is 22.6 Å². The van der Waals surface area contributed by atoms with E-state index >= 15 is 0 Å². The lowest BCUT2D eigenvalue weighted by Crippen LogP contribution is -2.59. The van der Waals surface area contributed by atoms with E-state index in [1.54, 1.807) is 0 Å². The van der Waals surface area contributed by atoms with Crippen LogP contribution in [0.3, 0.4) is 0 Å². The minimum absolute atomic E-state index is 0.0155. The van der Waals surface area contributed by atoms with Crippen molar-refractivity contribution in [3.05, 3.63) is 206 Å². The Morgan fingerprint density at radius 3 is 1.74 bits per heavy atom. The highest BCUT2D eigenvalue weighted by atomic mass is 16.5. The first kappa shape index (κ1) is 32.7. The molecule has 0 radical (unpaired) electrons. The highest BCUT2D eigenvalue weighted by Gasteiger charge is 2.43. The van der Waals surface area contributed by atoms with Crippen LogP contribution in [0.5, 0.6) is 11.5 Å². The molecule has 0 saturated carbocycles. The smallest absolute Gasteiger partial charge is 0.256 e. The second-order valence-corrected chi connectivity index (χ2v) is 15.4. The van der Waals surface area contributed by atoms with Crippen molar-refractivity contribution >= 4 is 85.1 Å². The minimum Gasteiger partial charge on any atom is -0.458 e. The van der Waals surface area contributed by atoms with Crippen LogP contribution in [0.25, 0.3) is 21.9 Å². The molecular weight excluding hydrogens is 705 g/mol. The van der Waals surface area contributed by atoms with Gasteiger partial charge in [0.25, 0.3) is 6.71 Å². The number of benzene rings is 9. The number of fused-ring (bicyclic) bond motifs is 6. The molecule has 9 aromatic carbocycles. The maximum Gasteiger partial charge on any atom is 0.256 e. The summed E-state index contributed by atoms with van der Waals surface area (Å²) in [5.74, 6) is 1.82. The van der Waals surface area contributed by atoms with Crippen LogP contribution in [0.1, 0.15) is 5.56 Å². The van der Waals surface area contributed by atoms with Crippen LogP contribution in [-0.2, 0) is 0 Å². The Morgan fingerprint density at radius 1 is 0.448 bits per heavy atom. The minimum atomic E-state index is -0.0155. The quantitative estimate of drug-likeness (QED) is 0.164. The van der Waals surface area contributed by atoms with Gasteiger partial charge in [-0.2, -0.15) is 0 Å². The molecule has 4 nitrogen and oxygen atoms in total. The normalized spacial score (nSPS) is 12.9. The number of anilines is 9. The monoisotopic (exact) mass is 741 g/mol. The maximum atomic E-state index is 7.12. The molecule has 0 aromatic heterocycles. The van der Waals surface area contributed by atoms with E-state index in [4.69, 9.17) is 4.74 Å². The molecule has 0 spiro atoms. The van der Waals surface area contributed by atoms with Crippen molar-refractivity contribution in [2.24, 2.45) is 0 Å². The first-order valence-electron chi connectivity index (χ1n) is 20.0. The van der Waals surface area contributed by atoms with Gasteiger partial charge in [-0.05, 0) is 125 Å². The third-order valence-electron chi connectivity index (χ3n) is 12.0. The predicted molar refractivity (Wildman–Crippen MR) is 243 cm³/mol. The zero-order valence-electron chi connectivity index (χ0n) is 31.9. The Balaban J connectivity index is 1.12. The summed E-state index contributed by atoms with van der Waals surface area (Å²) < 4.78 is 7.12. The lowest BCUT2D eigenvalue weighted by atomic mass is 9.34. The van der Waals surface area contributed by atoms with E-state index in [1.165, 1.54) is 38.4 Å². The Kier molecular flexibility index (Phi) is 7.20. The number of nitrogens with zero attached hydrogens (tertiary/aromatic N) is 3. The average Bonchev–Trinajstić information content (AvgIpc) is 3.28. The van der Waals surface area contributed by atoms with Gasteiger partial charge in [-0.25, -0.2) is 0 Å². The van der Waals surface area contributed by atoms with Gasteiger partial charge in [-0.15, -0.1) is 0 Å². The number of rotatable bonds is 5. The van der Waals surface area contributed by atoms with E-state index < -0.39 is 0 Å². The fourth-order valence-corrected chi connectivity index (χ4v) is 9.67. The summed E-state index contributed by atoms with van der Waals surface area (Å²) in [6.07, 6.45) is 0. The van der Waals surface area contributed by atoms with Crippen LogP contribution in [0.2, 0.25) is 0 Å². The fraction of sp³-hybridized carbons (Fsp3) is 0.0189. The molecule has 0 aliphatic carbocycles. The van der Waals surface area contributed by atoms with Crippen LogP contribution >= 0.6 is 0 Å². The van der Waals surface area contributed by atoms with Gasteiger partial charge < -0.3 is 19.4 Å². The number of aryl methyl sites for hydroxylation is 1. The molecular formula is C53H36BN3O. The molecule has 58 heavy (non-hydrogen) atoms. The molecule has 9 aromatic rings. The van der Waals surface area contributed by atoms with Crippen LogP contribution in [0.15, 0.2) is 200 Å². The molecule has 0 fully saturated rings. The van der Waals surface area contributed by atoms with E-state index in [2.05, 4.69) is 222 Å². The molecule has 3 heterocycles. The second kappa shape index (κ2) is 12.8. The van der Waals surface area contributed by atoms with E-state index in [1.807, 2.05) is 0 Å². The Labute approximate surface area is 338 Å². The van der Waals surface area contributed by atoms with Gasteiger partial charge in [-0.1, -0.05) is 109 Å². The largest absolute Gasteiger partial charge is 0.458 e. The lowest BCUT2D eigenvalue weighted by Gasteiger charge is -2.41. The topological polar surface area (TPSA) is 19.0 Å². The summed E-state index contributed by atoms with van der Waals surface area (Å²) in [6.45, 7) is 2.15. The van der Waals surface area contributed by atoms with Gasteiger partial charge in [0.2, 0.25) is 0 Å². The molecule has 0 amide bonds. The first-order valence-corrected chi connectivity index (χ1v) is 20.0. The average molecular weight is 742 g/mol. The number of hydrogen-bond donors (Lipinski definition) is 0. The predicted octanol–water partition coefficient (Wildman–Crippen LogP) is 12.5. The number of hydrogen-bond acceptors (Lipinski definition) is 4. The summed E-state index contributed by atoms with van der Waals surface area (Å²) >= 11 is 0. The zero-order chi connectivity index (χ0) is 38.3. The maximum absolute atomic E-state index is 7.12. The van der Waals surface area contributed by atoms with Gasteiger partial charge in [0.1, 0.15) is 11.5 Å². The molecule has 0 N–H and O–H groups in total. The van der Waals surface area contributed by atoms with E-state index in [9.17, 15) is 0 Å². The number of ether oxygens (including phenoxy) is 1. The Bertz CT molecular complexity index is 3020. The van der Waals surface area contributed by atoms with Crippen LogP contribution in [0.4, 0.5) is 51.2 Å². The molecule has 272 valence electrons. The molecule has 0 bridgehead atoms. The molecule has 0 saturated heterocycles.